The highest BCUT2D eigenvalue weighted by Gasteiger charge is 2.05. The van der Waals surface area contributed by atoms with E-state index in [2.05, 4.69) is 100 Å². The van der Waals surface area contributed by atoms with Gasteiger partial charge >= 0.3 is 0 Å². The summed E-state index contributed by atoms with van der Waals surface area (Å²) in [6.07, 6.45) is 7.96. The fraction of sp³-hybridized carbons (Fsp3) is 0.314. The molecule has 0 radical (unpaired) electrons. The number of nitrogens with two attached hydrogens (primary N) is 2. The zero-order chi connectivity index (χ0) is 26.4. The fourth-order valence-corrected chi connectivity index (χ4v) is 5.29. The van der Waals surface area contributed by atoms with Crippen molar-refractivity contribution >= 4 is 11.4 Å². The predicted octanol–water partition coefficient (Wildman–Crippen LogP) is 8.22. The molecule has 0 amide bonds. The Kier molecular flexibility index (Phi) is 8.71. The average molecular weight is 491 g/mol. The lowest BCUT2D eigenvalue weighted by atomic mass is 9.97. The third kappa shape index (κ3) is 7.26. The minimum Gasteiger partial charge on any atom is -0.398 e. The summed E-state index contributed by atoms with van der Waals surface area (Å²) >= 11 is 0. The summed E-state index contributed by atoms with van der Waals surface area (Å²) in [5, 5.41) is 0. The van der Waals surface area contributed by atoms with Gasteiger partial charge in [0, 0.05) is 11.4 Å². The Balaban J connectivity index is 1.18. The maximum atomic E-state index is 6.11. The molecular weight excluding hydrogens is 448 g/mol. The van der Waals surface area contributed by atoms with Crippen molar-refractivity contribution in [3.63, 3.8) is 0 Å². The first kappa shape index (κ1) is 26.5. The lowest BCUT2D eigenvalue weighted by Crippen LogP contribution is -1.97. The van der Waals surface area contributed by atoms with Gasteiger partial charge in [-0.3, -0.25) is 0 Å². The first-order chi connectivity index (χ1) is 17.8. The molecule has 4 N–H and O–H groups in total. The number of anilines is 2. The topological polar surface area (TPSA) is 52.0 Å². The summed E-state index contributed by atoms with van der Waals surface area (Å²) < 4.78 is 0. The van der Waals surface area contributed by atoms with Gasteiger partial charge in [0.25, 0.3) is 0 Å². The summed E-state index contributed by atoms with van der Waals surface area (Å²) in [7, 11) is 0. The number of nitrogen functional groups attached to an aromatic ring is 2. The molecule has 4 aromatic carbocycles. The zero-order valence-electron chi connectivity index (χ0n) is 23.0. The SMILES string of the molecule is Cc1cc(Cc2ccc(CCCCCc3ccc(Cc4cc(C)c(N)c(C)c4)cc3)cc2)cc(C)c1N. The summed E-state index contributed by atoms with van der Waals surface area (Å²) in [5.41, 5.74) is 27.0. The molecule has 4 rings (SSSR count). The van der Waals surface area contributed by atoms with Crippen LogP contribution in [0, 0.1) is 27.7 Å². The maximum Gasteiger partial charge on any atom is 0.0373 e. The third-order valence-corrected chi connectivity index (χ3v) is 7.60. The van der Waals surface area contributed by atoms with Gasteiger partial charge in [0.1, 0.15) is 0 Å². The highest BCUT2D eigenvalue weighted by atomic mass is 14.6. The van der Waals surface area contributed by atoms with E-state index in [1.54, 1.807) is 0 Å². The van der Waals surface area contributed by atoms with Gasteiger partial charge in [-0.15, -0.1) is 0 Å². The monoisotopic (exact) mass is 490 g/mol. The van der Waals surface area contributed by atoms with Crippen LogP contribution in [0.4, 0.5) is 11.4 Å². The molecule has 0 saturated heterocycles. The average Bonchev–Trinajstić information content (AvgIpc) is 2.87. The predicted molar refractivity (Wildman–Crippen MR) is 160 cm³/mol. The molecule has 0 aliphatic carbocycles. The molecule has 2 nitrogen and oxygen atoms in total. The van der Waals surface area contributed by atoms with Gasteiger partial charge < -0.3 is 11.5 Å². The number of benzene rings is 4. The van der Waals surface area contributed by atoms with E-state index in [0.29, 0.717) is 0 Å². The van der Waals surface area contributed by atoms with Crippen LogP contribution in [-0.2, 0) is 25.7 Å². The van der Waals surface area contributed by atoms with Crippen molar-refractivity contribution in [1.82, 2.24) is 0 Å². The highest BCUT2D eigenvalue weighted by molar-refractivity contribution is 5.55. The Morgan fingerprint density at radius 1 is 0.405 bits per heavy atom. The van der Waals surface area contributed by atoms with E-state index in [9.17, 15) is 0 Å². The van der Waals surface area contributed by atoms with Gasteiger partial charge in [0.15, 0.2) is 0 Å². The minimum atomic E-state index is 0.913. The van der Waals surface area contributed by atoms with E-state index < -0.39 is 0 Å². The molecule has 4 aromatic rings. The highest BCUT2D eigenvalue weighted by Crippen LogP contribution is 2.22. The van der Waals surface area contributed by atoms with Crippen molar-refractivity contribution in [1.29, 1.82) is 0 Å². The number of rotatable bonds is 10. The molecule has 0 aliphatic heterocycles. The minimum absolute atomic E-state index is 0.913. The largest absolute Gasteiger partial charge is 0.398 e. The molecule has 0 aromatic heterocycles. The van der Waals surface area contributed by atoms with Gasteiger partial charge in [0.2, 0.25) is 0 Å². The van der Waals surface area contributed by atoms with Gasteiger partial charge in [0.05, 0.1) is 0 Å². The zero-order valence-corrected chi connectivity index (χ0v) is 23.0. The van der Waals surface area contributed by atoms with Crippen LogP contribution in [0.15, 0.2) is 72.8 Å². The van der Waals surface area contributed by atoms with Crippen molar-refractivity contribution in [2.75, 3.05) is 11.5 Å². The molecule has 2 heteroatoms. The maximum absolute atomic E-state index is 6.11. The molecule has 0 spiro atoms. The molecule has 0 bridgehead atoms. The summed E-state index contributed by atoms with van der Waals surface area (Å²) in [5.74, 6) is 0. The molecule has 0 heterocycles. The van der Waals surface area contributed by atoms with E-state index in [0.717, 1.165) is 37.1 Å². The number of aryl methyl sites for hydroxylation is 6. The van der Waals surface area contributed by atoms with Crippen molar-refractivity contribution in [2.24, 2.45) is 0 Å². The van der Waals surface area contributed by atoms with E-state index in [1.165, 1.54) is 74.9 Å². The molecule has 0 saturated carbocycles. The van der Waals surface area contributed by atoms with Gasteiger partial charge in [-0.25, -0.2) is 0 Å². The number of unbranched alkanes of at least 4 members (excludes halogenated alkanes) is 2. The Hall–Kier alpha value is -3.52. The van der Waals surface area contributed by atoms with Crippen LogP contribution < -0.4 is 11.5 Å². The lowest BCUT2D eigenvalue weighted by Gasteiger charge is -2.10. The quantitative estimate of drug-likeness (QED) is 0.174. The summed E-state index contributed by atoms with van der Waals surface area (Å²) in [6, 6.07) is 27.2. The smallest absolute Gasteiger partial charge is 0.0373 e. The number of hydrogen-bond acceptors (Lipinski definition) is 2. The first-order valence-electron chi connectivity index (χ1n) is 13.7. The van der Waals surface area contributed by atoms with Crippen LogP contribution in [-0.4, -0.2) is 0 Å². The molecule has 0 aliphatic rings. The standard InChI is InChI=1S/C35H42N2/c1-24-18-32(19-25(2)34(24)36)22-30-14-10-28(11-15-30)8-6-5-7-9-29-12-16-31(17-13-29)23-33-20-26(3)35(37)27(4)21-33/h10-21H,5-9,22-23,36-37H2,1-4H3. The Labute approximate surface area is 223 Å². The van der Waals surface area contributed by atoms with Crippen LogP contribution in [0.3, 0.4) is 0 Å². The second-order valence-corrected chi connectivity index (χ2v) is 10.8. The van der Waals surface area contributed by atoms with E-state index in [4.69, 9.17) is 11.5 Å². The van der Waals surface area contributed by atoms with Crippen molar-refractivity contribution in [2.45, 2.75) is 72.6 Å². The number of hydrogen-bond donors (Lipinski definition) is 2. The van der Waals surface area contributed by atoms with Gasteiger partial charge in [-0.1, -0.05) is 79.2 Å². The van der Waals surface area contributed by atoms with Crippen LogP contribution in [0.1, 0.15) is 74.9 Å². The Morgan fingerprint density at radius 3 is 1.03 bits per heavy atom. The first-order valence-corrected chi connectivity index (χ1v) is 13.7. The van der Waals surface area contributed by atoms with Crippen LogP contribution in [0.5, 0.6) is 0 Å². The van der Waals surface area contributed by atoms with Crippen molar-refractivity contribution in [3.8, 4) is 0 Å². The molecule has 0 fully saturated rings. The van der Waals surface area contributed by atoms with Crippen LogP contribution in [0.2, 0.25) is 0 Å². The lowest BCUT2D eigenvalue weighted by molar-refractivity contribution is 0.678. The van der Waals surface area contributed by atoms with Gasteiger partial charge in [-0.2, -0.15) is 0 Å². The second kappa shape index (κ2) is 12.1. The molecular formula is C35H42N2. The Bertz CT molecular complexity index is 1180. The molecule has 192 valence electrons. The van der Waals surface area contributed by atoms with Crippen LogP contribution in [0.25, 0.3) is 0 Å². The Morgan fingerprint density at radius 2 is 0.703 bits per heavy atom. The molecule has 0 atom stereocenters. The van der Waals surface area contributed by atoms with Gasteiger partial charge in [-0.05, 0) is 122 Å². The van der Waals surface area contributed by atoms with Crippen molar-refractivity contribution in [3.05, 3.63) is 128 Å². The van der Waals surface area contributed by atoms with Crippen LogP contribution >= 0.6 is 0 Å². The summed E-state index contributed by atoms with van der Waals surface area (Å²) in [4.78, 5) is 0. The van der Waals surface area contributed by atoms with E-state index in [-0.39, 0.29) is 0 Å². The normalized spacial score (nSPS) is 11.1. The summed E-state index contributed by atoms with van der Waals surface area (Å²) in [6.45, 7) is 8.37. The third-order valence-electron chi connectivity index (χ3n) is 7.60. The second-order valence-electron chi connectivity index (χ2n) is 10.8. The van der Waals surface area contributed by atoms with Crippen molar-refractivity contribution < 1.29 is 0 Å². The fourth-order valence-electron chi connectivity index (χ4n) is 5.29. The molecule has 0 unspecified atom stereocenters. The van der Waals surface area contributed by atoms with E-state index >= 15 is 0 Å². The molecule has 37 heavy (non-hydrogen) atoms. The van der Waals surface area contributed by atoms with E-state index in [1.807, 2.05) is 0 Å².